The fourth-order valence-corrected chi connectivity index (χ4v) is 2.55. The number of amides is 1. The first kappa shape index (κ1) is 10.9. The SMILES string of the molecule is CC1CCN(C(=O)[C@@H]2CCCNC2)CC1. The van der Waals surface area contributed by atoms with E-state index in [4.69, 9.17) is 0 Å². The molecular weight excluding hydrogens is 188 g/mol. The molecular formula is C12H22N2O. The third kappa shape index (κ3) is 2.71. The predicted octanol–water partition coefficient (Wildman–Crippen LogP) is 1.24. The van der Waals surface area contributed by atoms with E-state index in [2.05, 4.69) is 17.1 Å². The van der Waals surface area contributed by atoms with Crippen molar-refractivity contribution in [1.29, 1.82) is 0 Å². The van der Waals surface area contributed by atoms with Gasteiger partial charge in [-0.1, -0.05) is 6.92 Å². The number of carbonyl (C=O) groups excluding carboxylic acids is 1. The predicted molar refractivity (Wildman–Crippen MR) is 60.6 cm³/mol. The van der Waals surface area contributed by atoms with Crippen LogP contribution < -0.4 is 5.32 Å². The maximum absolute atomic E-state index is 12.1. The summed E-state index contributed by atoms with van der Waals surface area (Å²) in [7, 11) is 0. The van der Waals surface area contributed by atoms with Crippen LogP contribution in [0.1, 0.15) is 32.6 Å². The molecule has 2 heterocycles. The van der Waals surface area contributed by atoms with Crippen molar-refractivity contribution in [2.45, 2.75) is 32.6 Å². The van der Waals surface area contributed by atoms with E-state index in [9.17, 15) is 4.79 Å². The van der Waals surface area contributed by atoms with Gasteiger partial charge in [-0.25, -0.2) is 0 Å². The average Bonchev–Trinajstić information content (AvgIpc) is 2.30. The highest BCUT2D eigenvalue weighted by molar-refractivity contribution is 5.79. The van der Waals surface area contributed by atoms with E-state index in [1.165, 1.54) is 12.8 Å². The Morgan fingerprint density at radius 1 is 1.27 bits per heavy atom. The molecule has 2 saturated heterocycles. The summed E-state index contributed by atoms with van der Waals surface area (Å²) in [6.07, 6.45) is 4.61. The zero-order valence-corrected chi connectivity index (χ0v) is 9.67. The van der Waals surface area contributed by atoms with Crippen LogP contribution in [0.5, 0.6) is 0 Å². The summed E-state index contributed by atoms with van der Waals surface area (Å²) in [6.45, 7) is 6.22. The Bertz CT molecular complexity index is 216. The minimum absolute atomic E-state index is 0.257. The molecule has 2 fully saturated rings. The van der Waals surface area contributed by atoms with Crippen molar-refractivity contribution < 1.29 is 4.79 Å². The molecule has 0 spiro atoms. The average molecular weight is 210 g/mol. The standard InChI is InChI=1S/C12H22N2O/c1-10-4-7-14(8-5-10)12(15)11-3-2-6-13-9-11/h10-11,13H,2-9H2,1H3/t11-/m1/s1. The molecule has 0 radical (unpaired) electrons. The lowest BCUT2D eigenvalue weighted by molar-refractivity contribution is -0.137. The van der Waals surface area contributed by atoms with Crippen molar-refractivity contribution in [3.8, 4) is 0 Å². The minimum Gasteiger partial charge on any atom is -0.342 e. The van der Waals surface area contributed by atoms with Gasteiger partial charge < -0.3 is 10.2 Å². The zero-order chi connectivity index (χ0) is 10.7. The number of carbonyl (C=O) groups is 1. The Balaban J connectivity index is 1.84. The van der Waals surface area contributed by atoms with Gasteiger partial charge in [-0.15, -0.1) is 0 Å². The Morgan fingerprint density at radius 3 is 2.60 bits per heavy atom. The number of likely N-dealkylation sites (tertiary alicyclic amines) is 1. The fourth-order valence-electron chi connectivity index (χ4n) is 2.55. The molecule has 86 valence electrons. The molecule has 2 aliphatic rings. The summed E-state index contributed by atoms with van der Waals surface area (Å²) in [5.41, 5.74) is 0. The highest BCUT2D eigenvalue weighted by Crippen LogP contribution is 2.20. The lowest BCUT2D eigenvalue weighted by Gasteiger charge is -2.34. The molecule has 0 aromatic heterocycles. The Hall–Kier alpha value is -0.570. The largest absolute Gasteiger partial charge is 0.342 e. The molecule has 1 amide bonds. The summed E-state index contributed by atoms with van der Waals surface area (Å²) in [6, 6.07) is 0. The highest BCUT2D eigenvalue weighted by Gasteiger charge is 2.27. The molecule has 0 saturated carbocycles. The second kappa shape index (κ2) is 4.97. The number of hydrogen-bond acceptors (Lipinski definition) is 2. The fraction of sp³-hybridized carbons (Fsp3) is 0.917. The molecule has 1 atom stereocenters. The molecule has 0 aromatic carbocycles. The van der Waals surface area contributed by atoms with Crippen molar-refractivity contribution in [2.24, 2.45) is 11.8 Å². The van der Waals surface area contributed by atoms with E-state index in [0.717, 1.165) is 44.9 Å². The Kier molecular flexibility index (Phi) is 3.62. The third-order valence-electron chi connectivity index (χ3n) is 3.74. The van der Waals surface area contributed by atoms with Crippen LogP contribution in [0, 0.1) is 11.8 Å². The van der Waals surface area contributed by atoms with Crippen molar-refractivity contribution in [3.63, 3.8) is 0 Å². The van der Waals surface area contributed by atoms with Crippen molar-refractivity contribution in [3.05, 3.63) is 0 Å². The maximum Gasteiger partial charge on any atom is 0.226 e. The molecule has 3 nitrogen and oxygen atoms in total. The van der Waals surface area contributed by atoms with E-state index < -0.39 is 0 Å². The second-order valence-electron chi connectivity index (χ2n) is 5.05. The van der Waals surface area contributed by atoms with Crippen LogP contribution in [0.15, 0.2) is 0 Å². The van der Waals surface area contributed by atoms with Crippen LogP contribution in [0.3, 0.4) is 0 Å². The number of hydrogen-bond donors (Lipinski definition) is 1. The number of nitrogens with one attached hydrogen (secondary N) is 1. The van der Waals surface area contributed by atoms with Crippen molar-refractivity contribution >= 4 is 5.91 Å². The van der Waals surface area contributed by atoms with Gasteiger partial charge in [0.1, 0.15) is 0 Å². The summed E-state index contributed by atoms with van der Waals surface area (Å²) >= 11 is 0. The molecule has 0 aromatic rings. The van der Waals surface area contributed by atoms with Crippen molar-refractivity contribution in [2.75, 3.05) is 26.2 Å². The molecule has 1 N–H and O–H groups in total. The molecule has 3 heteroatoms. The quantitative estimate of drug-likeness (QED) is 0.706. The first-order valence-electron chi connectivity index (χ1n) is 6.27. The van der Waals surface area contributed by atoms with E-state index in [1.807, 2.05) is 0 Å². The summed E-state index contributed by atoms with van der Waals surface area (Å²) in [5, 5.41) is 3.32. The van der Waals surface area contributed by atoms with Gasteiger partial charge in [-0.05, 0) is 38.1 Å². The van der Waals surface area contributed by atoms with Gasteiger partial charge in [-0.3, -0.25) is 4.79 Å². The van der Waals surface area contributed by atoms with Crippen LogP contribution in [0.2, 0.25) is 0 Å². The van der Waals surface area contributed by atoms with Crippen LogP contribution in [0.25, 0.3) is 0 Å². The summed E-state index contributed by atoms with van der Waals surface area (Å²) < 4.78 is 0. The van der Waals surface area contributed by atoms with E-state index in [-0.39, 0.29) is 5.92 Å². The molecule has 2 aliphatic heterocycles. The molecule has 0 unspecified atom stereocenters. The smallest absolute Gasteiger partial charge is 0.226 e. The maximum atomic E-state index is 12.1. The number of nitrogens with zero attached hydrogens (tertiary/aromatic N) is 1. The van der Waals surface area contributed by atoms with Gasteiger partial charge in [0.05, 0.1) is 5.92 Å². The number of rotatable bonds is 1. The van der Waals surface area contributed by atoms with Crippen LogP contribution in [-0.2, 0) is 4.79 Å². The topological polar surface area (TPSA) is 32.3 Å². The van der Waals surface area contributed by atoms with E-state index >= 15 is 0 Å². The first-order chi connectivity index (χ1) is 7.27. The summed E-state index contributed by atoms with van der Waals surface area (Å²) in [4.78, 5) is 14.2. The molecule has 0 bridgehead atoms. The minimum atomic E-state index is 0.257. The monoisotopic (exact) mass is 210 g/mol. The van der Waals surface area contributed by atoms with Crippen LogP contribution in [0.4, 0.5) is 0 Å². The lowest BCUT2D eigenvalue weighted by Crippen LogP contribution is -2.45. The van der Waals surface area contributed by atoms with Gasteiger partial charge in [0.2, 0.25) is 5.91 Å². The first-order valence-corrected chi connectivity index (χ1v) is 6.27. The molecule has 0 aliphatic carbocycles. The molecule has 2 rings (SSSR count). The van der Waals surface area contributed by atoms with Gasteiger partial charge >= 0.3 is 0 Å². The molecule has 15 heavy (non-hydrogen) atoms. The highest BCUT2D eigenvalue weighted by atomic mass is 16.2. The van der Waals surface area contributed by atoms with Gasteiger partial charge in [0.25, 0.3) is 0 Å². The van der Waals surface area contributed by atoms with Crippen molar-refractivity contribution in [1.82, 2.24) is 10.2 Å². The number of piperidine rings is 2. The van der Waals surface area contributed by atoms with Gasteiger partial charge in [0.15, 0.2) is 0 Å². The van der Waals surface area contributed by atoms with E-state index in [1.54, 1.807) is 0 Å². The third-order valence-corrected chi connectivity index (χ3v) is 3.74. The van der Waals surface area contributed by atoms with Gasteiger partial charge in [-0.2, -0.15) is 0 Å². The Morgan fingerprint density at radius 2 is 2.00 bits per heavy atom. The zero-order valence-electron chi connectivity index (χ0n) is 9.67. The van der Waals surface area contributed by atoms with Crippen LogP contribution >= 0.6 is 0 Å². The van der Waals surface area contributed by atoms with E-state index in [0.29, 0.717) is 5.91 Å². The normalized spacial score (nSPS) is 29.1. The summed E-state index contributed by atoms with van der Waals surface area (Å²) in [5.74, 6) is 1.46. The lowest BCUT2D eigenvalue weighted by atomic mass is 9.94. The van der Waals surface area contributed by atoms with Crippen LogP contribution in [-0.4, -0.2) is 37.0 Å². The Labute approximate surface area is 92.2 Å². The van der Waals surface area contributed by atoms with Gasteiger partial charge in [0, 0.05) is 19.6 Å². The second-order valence-corrected chi connectivity index (χ2v) is 5.05.